The molecule has 0 spiro atoms. The number of methoxy groups -OCH3 is 1. The van der Waals surface area contributed by atoms with Gasteiger partial charge in [0.05, 0.1) is 19.3 Å². The van der Waals surface area contributed by atoms with Crippen LogP contribution in [0.5, 0.6) is 11.5 Å². The van der Waals surface area contributed by atoms with Crippen LogP contribution in [0.1, 0.15) is 15.9 Å². The van der Waals surface area contributed by atoms with Crippen LogP contribution in [-0.4, -0.2) is 20.2 Å². The van der Waals surface area contributed by atoms with Crippen molar-refractivity contribution in [3.63, 3.8) is 0 Å². The molecule has 0 unspecified atom stereocenters. The molecule has 1 aromatic rings. The molecule has 0 amide bonds. The minimum absolute atomic E-state index is 0.234. The van der Waals surface area contributed by atoms with Crippen molar-refractivity contribution in [2.24, 2.45) is 0 Å². The molecule has 0 saturated carbocycles. The summed E-state index contributed by atoms with van der Waals surface area (Å²) in [6.07, 6.45) is 0.760. The molecule has 4 heteroatoms. The van der Waals surface area contributed by atoms with Gasteiger partial charge in [0.1, 0.15) is 11.5 Å². The maximum Gasteiger partial charge on any atom is 0.189 e. The van der Waals surface area contributed by atoms with Crippen molar-refractivity contribution < 1.29 is 19.0 Å². The molecule has 14 heavy (non-hydrogen) atoms. The van der Waals surface area contributed by atoms with Gasteiger partial charge in [-0.15, -0.1) is 0 Å². The van der Waals surface area contributed by atoms with Crippen molar-refractivity contribution in [2.45, 2.75) is 6.61 Å². The zero-order chi connectivity index (χ0) is 9.97. The lowest BCUT2D eigenvalue weighted by Gasteiger charge is -2.19. The first-order chi connectivity index (χ1) is 6.86. The fourth-order valence-electron chi connectivity index (χ4n) is 1.46. The Morgan fingerprint density at radius 1 is 1.50 bits per heavy atom. The second-order valence-electron chi connectivity index (χ2n) is 2.89. The Balaban J connectivity index is 2.55. The molecule has 0 aromatic heterocycles. The van der Waals surface area contributed by atoms with Crippen molar-refractivity contribution >= 4 is 6.29 Å². The van der Waals surface area contributed by atoms with Crippen LogP contribution in [0.3, 0.4) is 0 Å². The molecule has 1 heterocycles. The largest absolute Gasteiger partial charge is 0.496 e. The van der Waals surface area contributed by atoms with Gasteiger partial charge in [-0.1, -0.05) is 0 Å². The summed E-state index contributed by atoms with van der Waals surface area (Å²) in [5.74, 6) is 1.24. The van der Waals surface area contributed by atoms with Crippen LogP contribution >= 0.6 is 0 Å². The van der Waals surface area contributed by atoms with Gasteiger partial charge in [0.25, 0.3) is 0 Å². The lowest BCUT2D eigenvalue weighted by molar-refractivity contribution is -0.0167. The van der Waals surface area contributed by atoms with E-state index in [9.17, 15) is 4.79 Å². The van der Waals surface area contributed by atoms with Crippen molar-refractivity contribution in [1.29, 1.82) is 0 Å². The van der Waals surface area contributed by atoms with Crippen LogP contribution in [0, 0.1) is 0 Å². The van der Waals surface area contributed by atoms with E-state index < -0.39 is 0 Å². The topological polar surface area (TPSA) is 44.8 Å². The number of fused-ring (bicyclic) bond motifs is 1. The first-order valence-electron chi connectivity index (χ1n) is 4.22. The Labute approximate surface area is 81.4 Å². The minimum atomic E-state index is 0.234. The molecule has 0 fully saturated rings. The third-order valence-electron chi connectivity index (χ3n) is 2.16. The summed E-state index contributed by atoms with van der Waals surface area (Å²) in [5.41, 5.74) is 1.26. The zero-order valence-corrected chi connectivity index (χ0v) is 7.78. The van der Waals surface area contributed by atoms with Gasteiger partial charge in [0, 0.05) is 5.56 Å². The third kappa shape index (κ3) is 1.33. The molecule has 0 saturated heterocycles. The van der Waals surface area contributed by atoms with Crippen molar-refractivity contribution in [1.82, 2.24) is 0 Å². The first kappa shape index (κ1) is 9.02. The average Bonchev–Trinajstić information content (AvgIpc) is 2.27. The standard InChI is InChI=1S/C10H10O4/c1-12-9-2-3-10-8(7(9)4-11)5-13-6-14-10/h2-4H,5-6H2,1H3. The summed E-state index contributed by atoms with van der Waals surface area (Å²) >= 11 is 0. The van der Waals surface area contributed by atoms with E-state index in [0.717, 1.165) is 11.8 Å². The van der Waals surface area contributed by atoms with Gasteiger partial charge in [-0.25, -0.2) is 0 Å². The molecule has 0 atom stereocenters. The average molecular weight is 194 g/mol. The summed E-state index contributed by atoms with van der Waals surface area (Å²) in [7, 11) is 1.53. The van der Waals surface area contributed by atoms with Crippen LogP contribution in [0.15, 0.2) is 12.1 Å². The molecular weight excluding hydrogens is 184 g/mol. The van der Waals surface area contributed by atoms with Crippen LogP contribution in [0.4, 0.5) is 0 Å². The van der Waals surface area contributed by atoms with Gasteiger partial charge in [-0.2, -0.15) is 0 Å². The number of ether oxygens (including phenoxy) is 3. The van der Waals surface area contributed by atoms with Crippen molar-refractivity contribution in [3.05, 3.63) is 23.3 Å². The fourth-order valence-corrected chi connectivity index (χ4v) is 1.46. The summed E-state index contributed by atoms with van der Waals surface area (Å²) in [5, 5.41) is 0. The lowest BCUT2D eigenvalue weighted by Crippen LogP contribution is -2.13. The first-order valence-corrected chi connectivity index (χ1v) is 4.22. The lowest BCUT2D eigenvalue weighted by atomic mass is 10.1. The van der Waals surface area contributed by atoms with E-state index in [1.165, 1.54) is 7.11 Å². The zero-order valence-electron chi connectivity index (χ0n) is 7.78. The number of aldehydes is 1. The van der Waals surface area contributed by atoms with Gasteiger partial charge in [-0.05, 0) is 12.1 Å². The Hall–Kier alpha value is -1.55. The smallest absolute Gasteiger partial charge is 0.189 e. The van der Waals surface area contributed by atoms with Crippen molar-refractivity contribution in [3.8, 4) is 11.5 Å². The third-order valence-corrected chi connectivity index (χ3v) is 2.16. The highest BCUT2D eigenvalue weighted by Crippen LogP contribution is 2.31. The Morgan fingerprint density at radius 3 is 3.07 bits per heavy atom. The highest BCUT2D eigenvalue weighted by molar-refractivity contribution is 5.83. The Morgan fingerprint density at radius 2 is 2.36 bits per heavy atom. The predicted octanol–water partition coefficient (Wildman–Crippen LogP) is 1.37. The van der Waals surface area contributed by atoms with E-state index in [0.29, 0.717) is 23.7 Å². The molecule has 0 radical (unpaired) electrons. The number of hydrogen-bond acceptors (Lipinski definition) is 4. The number of carbonyl (C=O) groups excluding carboxylic acids is 1. The van der Waals surface area contributed by atoms with Crippen molar-refractivity contribution in [2.75, 3.05) is 13.9 Å². The molecule has 0 bridgehead atoms. The summed E-state index contributed by atoms with van der Waals surface area (Å²) in [6.45, 7) is 0.623. The molecular formula is C10H10O4. The minimum Gasteiger partial charge on any atom is -0.496 e. The Bertz CT molecular complexity index is 359. The van der Waals surface area contributed by atoms with E-state index in [4.69, 9.17) is 14.2 Å². The summed E-state index contributed by atoms with van der Waals surface area (Å²) < 4.78 is 15.4. The van der Waals surface area contributed by atoms with E-state index in [1.54, 1.807) is 12.1 Å². The quantitative estimate of drug-likeness (QED) is 0.667. The summed E-state index contributed by atoms with van der Waals surface area (Å²) in [6, 6.07) is 3.50. The highest BCUT2D eigenvalue weighted by Gasteiger charge is 2.17. The normalized spacial score (nSPS) is 14.1. The molecule has 74 valence electrons. The molecule has 4 nitrogen and oxygen atoms in total. The van der Waals surface area contributed by atoms with Gasteiger partial charge < -0.3 is 14.2 Å². The molecule has 0 N–H and O–H groups in total. The molecule has 0 aliphatic carbocycles. The van der Waals surface area contributed by atoms with E-state index in [1.807, 2.05) is 0 Å². The van der Waals surface area contributed by atoms with E-state index in [2.05, 4.69) is 0 Å². The van der Waals surface area contributed by atoms with Crippen LogP contribution < -0.4 is 9.47 Å². The van der Waals surface area contributed by atoms with Gasteiger partial charge in [-0.3, -0.25) is 4.79 Å². The Kier molecular flexibility index (Phi) is 2.37. The monoisotopic (exact) mass is 194 g/mol. The number of carbonyl (C=O) groups is 1. The maximum atomic E-state index is 10.9. The van der Waals surface area contributed by atoms with Gasteiger partial charge in [0.15, 0.2) is 13.1 Å². The predicted molar refractivity (Wildman–Crippen MR) is 48.7 cm³/mol. The molecule has 1 aliphatic rings. The second-order valence-corrected chi connectivity index (χ2v) is 2.89. The van der Waals surface area contributed by atoms with E-state index in [-0.39, 0.29) is 6.79 Å². The summed E-state index contributed by atoms with van der Waals surface area (Å²) in [4.78, 5) is 10.9. The number of rotatable bonds is 2. The fraction of sp³-hybridized carbons (Fsp3) is 0.300. The second kappa shape index (κ2) is 3.67. The molecule has 2 rings (SSSR count). The molecule has 1 aromatic carbocycles. The maximum absolute atomic E-state index is 10.9. The number of benzene rings is 1. The van der Waals surface area contributed by atoms with Crippen LogP contribution in [-0.2, 0) is 11.3 Å². The SMILES string of the molecule is COc1ccc2c(c1C=O)COCO2. The highest BCUT2D eigenvalue weighted by atomic mass is 16.7. The van der Waals surface area contributed by atoms with Gasteiger partial charge in [0.2, 0.25) is 0 Å². The van der Waals surface area contributed by atoms with Gasteiger partial charge >= 0.3 is 0 Å². The van der Waals surface area contributed by atoms with E-state index >= 15 is 0 Å². The molecule has 1 aliphatic heterocycles. The number of hydrogen-bond donors (Lipinski definition) is 0. The van der Waals surface area contributed by atoms with Crippen LogP contribution in [0.25, 0.3) is 0 Å². The van der Waals surface area contributed by atoms with Crippen LogP contribution in [0.2, 0.25) is 0 Å².